The van der Waals surface area contributed by atoms with Gasteiger partial charge in [0.1, 0.15) is 11.6 Å². The van der Waals surface area contributed by atoms with Crippen molar-refractivity contribution in [2.24, 2.45) is 52.3 Å². The summed E-state index contributed by atoms with van der Waals surface area (Å²) in [6.45, 7) is 7.15. The molecule has 9 atom stereocenters. The van der Waals surface area contributed by atoms with Gasteiger partial charge in [0.15, 0.2) is 0 Å². The molecule has 1 N–H and O–H groups in total. The van der Waals surface area contributed by atoms with Gasteiger partial charge in [0.2, 0.25) is 5.91 Å². The summed E-state index contributed by atoms with van der Waals surface area (Å²) < 4.78 is 0. The number of thiophene rings is 1. The average molecular weight is 524 g/mol. The van der Waals surface area contributed by atoms with Gasteiger partial charge in [-0.25, -0.2) is 0 Å². The highest BCUT2D eigenvalue weighted by molar-refractivity contribution is 7.10. The summed E-state index contributed by atoms with van der Waals surface area (Å²) in [5.74, 6) is 3.73. The van der Waals surface area contributed by atoms with Crippen molar-refractivity contribution < 1.29 is 14.4 Å². The molecule has 5 heteroatoms. The lowest BCUT2D eigenvalue weighted by atomic mass is 9.44. The third-order valence-corrected chi connectivity index (χ3v) is 13.3. The van der Waals surface area contributed by atoms with E-state index >= 15 is 0 Å². The van der Waals surface area contributed by atoms with Crippen LogP contribution in [0, 0.1) is 52.3 Å². The van der Waals surface area contributed by atoms with E-state index in [0.29, 0.717) is 66.8 Å². The predicted octanol–water partition coefficient (Wildman–Crippen LogP) is 7.14. The number of carbonyl (C=O) groups excluding carboxylic acids is 3. The summed E-state index contributed by atoms with van der Waals surface area (Å²) in [6, 6.07) is 4.44. The van der Waals surface area contributed by atoms with Crippen LogP contribution in [0.25, 0.3) is 0 Å². The smallest absolute Gasteiger partial charge is 0.220 e. The van der Waals surface area contributed by atoms with Crippen molar-refractivity contribution in [3.05, 3.63) is 22.4 Å². The minimum absolute atomic E-state index is 0.144. The van der Waals surface area contributed by atoms with Crippen LogP contribution in [-0.4, -0.2) is 17.5 Å². The van der Waals surface area contributed by atoms with Crippen LogP contribution in [0.4, 0.5) is 0 Å². The van der Waals surface area contributed by atoms with Crippen LogP contribution < -0.4 is 5.32 Å². The SMILES string of the molecule is C[C@H](CC(=O)NC(c1cccs1)C1CCC1)[C@H]1CC[C@H]2[C@@H]3C(=O)C[C@@H]4CC(=O)CC[C@]4(C)[C@H]3CC[C@]12C. The molecule has 0 aliphatic heterocycles. The highest BCUT2D eigenvalue weighted by Gasteiger charge is 2.63. The maximum Gasteiger partial charge on any atom is 0.220 e. The van der Waals surface area contributed by atoms with E-state index in [4.69, 9.17) is 0 Å². The molecule has 0 radical (unpaired) electrons. The zero-order chi connectivity index (χ0) is 25.9. The molecule has 5 aliphatic carbocycles. The van der Waals surface area contributed by atoms with E-state index in [2.05, 4.69) is 43.6 Å². The largest absolute Gasteiger partial charge is 0.348 e. The Bertz CT molecular complexity index is 1050. The first kappa shape index (κ1) is 25.8. The van der Waals surface area contributed by atoms with Gasteiger partial charge in [0.25, 0.3) is 0 Å². The second kappa shape index (κ2) is 9.61. The number of rotatable bonds is 6. The molecule has 1 aromatic heterocycles. The van der Waals surface area contributed by atoms with Crippen molar-refractivity contribution in [1.82, 2.24) is 5.32 Å². The van der Waals surface area contributed by atoms with E-state index in [-0.39, 0.29) is 34.6 Å². The number of ketones is 2. The lowest BCUT2D eigenvalue weighted by molar-refractivity contribution is -0.159. The number of hydrogen-bond donors (Lipinski definition) is 1. The van der Waals surface area contributed by atoms with E-state index in [0.717, 1.165) is 25.7 Å². The van der Waals surface area contributed by atoms with Crippen molar-refractivity contribution in [2.45, 2.75) is 104 Å². The summed E-state index contributed by atoms with van der Waals surface area (Å²) in [5, 5.41) is 5.56. The molecule has 0 spiro atoms. The van der Waals surface area contributed by atoms with Gasteiger partial charge < -0.3 is 5.32 Å². The molecular weight excluding hydrogens is 478 g/mol. The van der Waals surface area contributed by atoms with Crippen molar-refractivity contribution in [2.75, 3.05) is 0 Å². The number of hydrogen-bond acceptors (Lipinski definition) is 4. The topological polar surface area (TPSA) is 63.2 Å². The minimum Gasteiger partial charge on any atom is -0.348 e. The lowest BCUT2D eigenvalue weighted by Gasteiger charge is -2.59. The van der Waals surface area contributed by atoms with Gasteiger partial charge in [-0.1, -0.05) is 33.3 Å². The van der Waals surface area contributed by atoms with Gasteiger partial charge in [-0.3, -0.25) is 14.4 Å². The van der Waals surface area contributed by atoms with Gasteiger partial charge >= 0.3 is 0 Å². The van der Waals surface area contributed by atoms with Gasteiger partial charge in [-0.05, 0) is 103 Å². The molecule has 1 aromatic rings. The zero-order valence-corrected chi connectivity index (χ0v) is 23.8. The highest BCUT2D eigenvalue weighted by Crippen LogP contribution is 2.67. The monoisotopic (exact) mass is 523 g/mol. The summed E-state index contributed by atoms with van der Waals surface area (Å²) >= 11 is 1.76. The molecular formula is C32H45NO3S. The fourth-order valence-corrected chi connectivity index (χ4v) is 10.9. The first-order valence-electron chi connectivity index (χ1n) is 15.1. The van der Waals surface area contributed by atoms with Crippen LogP contribution in [0.2, 0.25) is 0 Å². The number of Topliss-reactive ketones (excluding diaryl/α,β-unsaturated/α-hetero) is 2. The number of carbonyl (C=O) groups is 3. The van der Waals surface area contributed by atoms with Crippen LogP contribution in [-0.2, 0) is 14.4 Å². The molecule has 4 nitrogen and oxygen atoms in total. The average Bonchev–Trinajstić information content (AvgIpc) is 3.46. The van der Waals surface area contributed by atoms with Crippen LogP contribution in [0.15, 0.2) is 17.5 Å². The van der Waals surface area contributed by atoms with Crippen molar-refractivity contribution in [1.29, 1.82) is 0 Å². The molecule has 1 amide bonds. The Morgan fingerprint density at radius 2 is 1.84 bits per heavy atom. The Morgan fingerprint density at radius 1 is 1.05 bits per heavy atom. The Hall–Kier alpha value is -1.49. The standard InChI is InChI=1S/C32H45NO3S/c1-19(16-28(36)33-30(20-6-4-7-20)27-8-5-15-37-27)23-9-10-24-29-25(12-14-32(23,24)3)31(2)13-11-22(34)17-21(31)18-26(29)35/h5,8,15,19-21,23-25,29-30H,4,6-7,9-14,16-18H2,1-3H3,(H,33,36)/t19-,21+,23-,24+,25+,29+,30?,31+,32-/m1/s1. The molecule has 5 fully saturated rings. The Kier molecular flexibility index (Phi) is 6.69. The van der Waals surface area contributed by atoms with Crippen molar-refractivity contribution in [3.8, 4) is 0 Å². The van der Waals surface area contributed by atoms with Gasteiger partial charge in [0, 0.05) is 36.5 Å². The van der Waals surface area contributed by atoms with Crippen molar-refractivity contribution >= 4 is 28.8 Å². The summed E-state index contributed by atoms with van der Waals surface area (Å²) in [4.78, 5) is 40.5. The Morgan fingerprint density at radius 3 is 2.54 bits per heavy atom. The number of amides is 1. The molecule has 37 heavy (non-hydrogen) atoms. The molecule has 0 saturated heterocycles. The van der Waals surface area contributed by atoms with E-state index in [1.54, 1.807) is 11.3 Å². The highest BCUT2D eigenvalue weighted by atomic mass is 32.1. The van der Waals surface area contributed by atoms with Gasteiger partial charge in [-0.15, -0.1) is 11.3 Å². The normalized spacial score (nSPS) is 41.2. The fraction of sp³-hybridized carbons (Fsp3) is 0.781. The lowest BCUT2D eigenvalue weighted by Crippen LogP contribution is -2.57. The van der Waals surface area contributed by atoms with E-state index in [9.17, 15) is 14.4 Å². The number of fused-ring (bicyclic) bond motifs is 5. The molecule has 5 saturated carbocycles. The molecule has 5 aliphatic rings. The van der Waals surface area contributed by atoms with Crippen LogP contribution in [0.5, 0.6) is 0 Å². The third kappa shape index (κ3) is 4.26. The molecule has 0 bridgehead atoms. The molecule has 0 aromatic carbocycles. The second-order valence-corrected chi connectivity index (χ2v) is 15.0. The zero-order valence-electron chi connectivity index (χ0n) is 23.0. The van der Waals surface area contributed by atoms with E-state index in [1.807, 2.05) is 0 Å². The quantitative estimate of drug-likeness (QED) is 0.431. The minimum atomic E-state index is 0.144. The van der Waals surface area contributed by atoms with Crippen LogP contribution in [0.3, 0.4) is 0 Å². The summed E-state index contributed by atoms with van der Waals surface area (Å²) in [7, 11) is 0. The van der Waals surface area contributed by atoms with E-state index < -0.39 is 0 Å². The van der Waals surface area contributed by atoms with Gasteiger partial charge in [0.05, 0.1) is 6.04 Å². The van der Waals surface area contributed by atoms with Crippen LogP contribution in [0.1, 0.15) is 109 Å². The Balaban J connectivity index is 1.15. The van der Waals surface area contributed by atoms with Crippen molar-refractivity contribution in [3.63, 3.8) is 0 Å². The van der Waals surface area contributed by atoms with Crippen LogP contribution >= 0.6 is 11.3 Å². The first-order chi connectivity index (χ1) is 17.7. The van der Waals surface area contributed by atoms with E-state index in [1.165, 1.54) is 30.6 Å². The summed E-state index contributed by atoms with van der Waals surface area (Å²) in [6.07, 6.45) is 11.7. The maximum absolute atomic E-state index is 13.6. The summed E-state index contributed by atoms with van der Waals surface area (Å²) in [5.41, 5.74) is 0.293. The predicted molar refractivity (Wildman–Crippen MR) is 147 cm³/mol. The molecule has 202 valence electrons. The maximum atomic E-state index is 13.6. The Labute approximate surface area is 226 Å². The number of nitrogens with one attached hydrogen (secondary N) is 1. The molecule has 1 heterocycles. The van der Waals surface area contributed by atoms with Gasteiger partial charge in [-0.2, -0.15) is 0 Å². The molecule has 6 rings (SSSR count). The third-order valence-electron chi connectivity index (χ3n) is 12.3. The second-order valence-electron chi connectivity index (χ2n) is 14.0. The first-order valence-corrected chi connectivity index (χ1v) is 16.0. The fourth-order valence-electron chi connectivity index (χ4n) is 10.0. The molecule has 1 unspecified atom stereocenters.